The Morgan fingerprint density at radius 3 is 2.28 bits per heavy atom. The van der Waals surface area contributed by atoms with Gasteiger partial charge in [-0.2, -0.15) is 0 Å². The molecule has 29 heavy (non-hydrogen) atoms. The Kier molecular flexibility index (Phi) is 7.08. The summed E-state index contributed by atoms with van der Waals surface area (Å²) in [6, 6.07) is 14.5. The Balaban J connectivity index is 1.54. The van der Waals surface area contributed by atoms with Gasteiger partial charge < -0.3 is 24.4 Å². The molecule has 0 aliphatic carbocycles. The molecule has 0 aromatic heterocycles. The summed E-state index contributed by atoms with van der Waals surface area (Å²) in [5.41, 5.74) is 0.692. The third-order valence-corrected chi connectivity index (χ3v) is 4.85. The number of nitrogens with one attached hydrogen (secondary N) is 1. The highest BCUT2D eigenvalue weighted by Gasteiger charge is 2.30. The first kappa shape index (κ1) is 20.7. The minimum atomic E-state index is -0.222. The van der Waals surface area contributed by atoms with Gasteiger partial charge in [-0.05, 0) is 55.0 Å². The highest BCUT2D eigenvalue weighted by Crippen LogP contribution is 2.25. The van der Waals surface area contributed by atoms with Crippen molar-refractivity contribution in [3.8, 4) is 17.2 Å². The minimum absolute atomic E-state index is 0.0751. The summed E-state index contributed by atoms with van der Waals surface area (Å²) in [5.74, 6) is 1.91. The van der Waals surface area contributed by atoms with Gasteiger partial charge in [0.2, 0.25) is 11.8 Å². The van der Waals surface area contributed by atoms with E-state index in [1.807, 2.05) is 24.3 Å². The zero-order valence-electron chi connectivity index (χ0n) is 16.7. The SMILES string of the molecule is COCCN1CC(C(=O)Nc2ccc(Oc3ccc(OC)cc3)cc2)CCC1=O. The van der Waals surface area contributed by atoms with Crippen molar-refractivity contribution in [2.24, 2.45) is 5.92 Å². The Morgan fingerprint density at radius 1 is 1.03 bits per heavy atom. The van der Waals surface area contributed by atoms with E-state index >= 15 is 0 Å². The molecule has 1 N–H and O–H groups in total. The van der Waals surface area contributed by atoms with Gasteiger partial charge in [0.05, 0.1) is 19.6 Å². The van der Waals surface area contributed by atoms with E-state index in [1.165, 1.54) is 0 Å². The molecule has 7 nitrogen and oxygen atoms in total. The first-order chi connectivity index (χ1) is 14.1. The number of anilines is 1. The summed E-state index contributed by atoms with van der Waals surface area (Å²) < 4.78 is 16.0. The van der Waals surface area contributed by atoms with Crippen molar-refractivity contribution in [1.82, 2.24) is 4.90 Å². The molecule has 1 aliphatic rings. The molecule has 1 heterocycles. The lowest BCUT2D eigenvalue weighted by Crippen LogP contribution is -2.45. The topological polar surface area (TPSA) is 77.1 Å². The summed E-state index contributed by atoms with van der Waals surface area (Å²) in [7, 11) is 3.21. The third-order valence-electron chi connectivity index (χ3n) is 4.85. The lowest BCUT2D eigenvalue weighted by atomic mass is 9.96. The number of likely N-dealkylation sites (tertiary alicyclic amines) is 1. The molecule has 1 fully saturated rings. The molecule has 154 valence electrons. The highest BCUT2D eigenvalue weighted by molar-refractivity contribution is 5.94. The standard InChI is InChI=1S/C22H26N2O5/c1-27-14-13-24-15-16(3-12-21(24)25)22(26)23-17-4-6-19(7-5-17)29-20-10-8-18(28-2)9-11-20/h4-11,16H,3,12-15H2,1-2H3,(H,23,26). The molecule has 2 amide bonds. The van der Waals surface area contributed by atoms with Crippen LogP contribution < -0.4 is 14.8 Å². The second-order valence-electron chi connectivity index (χ2n) is 6.86. The van der Waals surface area contributed by atoms with Crippen molar-refractivity contribution < 1.29 is 23.8 Å². The lowest BCUT2D eigenvalue weighted by molar-refractivity contribution is -0.137. The zero-order valence-corrected chi connectivity index (χ0v) is 16.7. The van der Waals surface area contributed by atoms with Crippen molar-refractivity contribution in [3.63, 3.8) is 0 Å². The average molecular weight is 398 g/mol. The van der Waals surface area contributed by atoms with Crippen LogP contribution in [0.5, 0.6) is 17.2 Å². The number of carbonyl (C=O) groups excluding carboxylic acids is 2. The number of amides is 2. The maximum Gasteiger partial charge on any atom is 0.229 e. The maximum atomic E-state index is 12.6. The Hall–Kier alpha value is -3.06. The number of hydrogen-bond acceptors (Lipinski definition) is 5. The van der Waals surface area contributed by atoms with E-state index in [0.717, 1.165) is 5.75 Å². The quantitative estimate of drug-likeness (QED) is 0.738. The van der Waals surface area contributed by atoms with Crippen molar-refractivity contribution >= 4 is 17.5 Å². The van der Waals surface area contributed by atoms with Gasteiger partial charge in [0.1, 0.15) is 17.2 Å². The van der Waals surface area contributed by atoms with Crippen molar-refractivity contribution in [2.75, 3.05) is 39.2 Å². The van der Waals surface area contributed by atoms with E-state index in [0.29, 0.717) is 49.7 Å². The molecule has 2 aromatic rings. The van der Waals surface area contributed by atoms with E-state index < -0.39 is 0 Å². The summed E-state index contributed by atoms with van der Waals surface area (Å²) in [4.78, 5) is 26.3. The number of ether oxygens (including phenoxy) is 3. The fourth-order valence-corrected chi connectivity index (χ4v) is 3.18. The average Bonchev–Trinajstić information content (AvgIpc) is 2.75. The fraction of sp³-hybridized carbons (Fsp3) is 0.364. The van der Waals surface area contributed by atoms with Crippen molar-refractivity contribution in [3.05, 3.63) is 48.5 Å². The number of benzene rings is 2. The van der Waals surface area contributed by atoms with Crippen LogP contribution in [-0.2, 0) is 14.3 Å². The van der Waals surface area contributed by atoms with Crippen LogP contribution >= 0.6 is 0 Å². The van der Waals surface area contributed by atoms with Crippen LogP contribution in [0.2, 0.25) is 0 Å². The van der Waals surface area contributed by atoms with Crippen LogP contribution in [0, 0.1) is 5.92 Å². The molecule has 1 atom stereocenters. The van der Waals surface area contributed by atoms with Crippen LogP contribution in [0.15, 0.2) is 48.5 Å². The number of rotatable bonds is 8. The zero-order chi connectivity index (χ0) is 20.6. The summed E-state index contributed by atoms with van der Waals surface area (Å²) in [6.45, 7) is 1.40. The second-order valence-corrected chi connectivity index (χ2v) is 6.86. The Bertz CT molecular complexity index is 820. The number of hydrogen-bond donors (Lipinski definition) is 1. The van der Waals surface area contributed by atoms with Crippen LogP contribution in [0.4, 0.5) is 5.69 Å². The van der Waals surface area contributed by atoms with Crippen LogP contribution in [-0.4, -0.2) is 50.6 Å². The molecule has 1 aliphatic heterocycles. The molecular formula is C22H26N2O5. The van der Waals surface area contributed by atoms with Crippen molar-refractivity contribution in [1.29, 1.82) is 0 Å². The van der Waals surface area contributed by atoms with Gasteiger partial charge in [-0.3, -0.25) is 9.59 Å². The molecule has 2 aromatic carbocycles. The Labute approximate surface area is 170 Å². The monoisotopic (exact) mass is 398 g/mol. The van der Waals surface area contributed by atoms with Gasteiger partial charge in [0, 0.05) is 32.3 Å². The molecule has 0 radical (unpaired) electrons. The predicted molar refractivity (Wildman–Crippen MR) is 109 cm³/mol. The summed E-state index contributed by atoms with van der Waals surface area (Å²) >= 11 is 0. The molecule has 1 unspecified atom stereocenters. The lowest BCUT2D eigenvalue weighted by Gasteiger charge is -2.31. The molecule has 7 heteroatoms. The minimum Gasteiger partial charge on any atom is -0.497 e. The first-order valence-corrected chi connectivity index (χ1v) is 9.58. The number of nitrogens with zero attached hydrogens (tertiary/aromatic N) is 1. The van der Waals surface area contributed by atoms with Crippen LogP contribution in [0.25, 0.3) is 0 Å². The first-order valence-electron chi connectivity index (χ1n) is 9.58. The van der Waals surface area contributed by atoms with E-state index in [1.54, 1.807) is 43.4 Å². The summed E-state index contributed by atoms with van der Waals surface area (Å²) in [6.07, 6.45) is 0.948. The largest absolute Gasteiger partial charge is 0.497 e. The number of piperidine rings is 1. The van der Waals surface area contributed by atoms with E-state index in [2.05, 4.69) is 5.32 Å². The fourth-order valence-electron chi connectivity index (χ4n) is 3.18. The molecular weight excluding hydrogens is 372 g/mol. The van der Waals surface area contributed by atoms with Gasteiger partial charge in [-0.1, -0.05) is 0 Å². The molecule has 0 spiro atoms. The third kappa shape index (κ3) is 5.71. The molecule has 0 bridgehead atoms. The number of methoxy groups -OCH3 is 2. The van der Waals surface area contributed by atoms with Gasteiger partial charge in [0.15, 0.2) is 0 Å². The summed E-state index contributed by atoms with van der Waals surface area (Å²) in [5, 5.41) is 2.93. The van der Waals surface area contributed by atoms with Crippen LogP contribution in [0.3, 0.4) is 0 Å². The molecule has 3 rings (SSSR count). The maximum absolute atomic E-state index is 12.6. The Morgan fingerprint density at radius 2 is 1.66 bits per heavy atom. The normalized spacial score (nSPS) is 16.4. The van der Waals surface area contributed by atoms with Gasteiger partial charge in [0.25, 0.3) is 0 Å². The second kappa shape index (κ2) is 9.93. The highest BCUT2D eigenvalue weighted by atomic mass is 16.5. The molecule has 0 saturated carbocycles. The van der Waals surface area contributed by atoms with E-state index in [9.17, 15) is 9.59 Å². The smallest absolute Gasteiger partial charge is 0.229 e. The predicted octanol–water partition coefficient (Wildman–Crippen LogP) is 3.31. The van der Waals surface area contributed by atoms with Gasteiger partial charge in [-0.25, -0.2) is 0 Å². The van der Waals surface area contributed by atoms with E-state index in [-0.39, 0.29) is 17.7 Å². The van der Waals surface area contributed by atoms with Crippen LogP contribution in [0.1, 0.15) is 12.8 Å². The van der Waals surface area contributed by atoms with Crippen molar-refractivity contribution in [2.45, 2.75) is 12.8 Å². The van der Waals surface area contributed by atoms with Gasteiger partial charge >= 0.3 is 0 Å². The number of carbonyl (C=O) groups is 2. The van der Waals surface area contributed by atoms with Gasteiger partial charge in [-0.15, -0.1) is 0 Å². The van der Waals surface area contributed by atoms with E-state index in [4.69, 9.17) is 14.2 Å². The molecule has 1 saturated heterocycles.